The maximum Gasteiger partial charge on any atom is 0.140 e. The maximum absolute atomic E-state index is 8.88. The van der Waals surface area contributed by atoms with Gasteiger partial charge in [-0.2, -0.15) is 5.26 Å². The predicted octanol–water partition coefficient (Wildman–Crippen LogP) is 4.26. The predicted molar refractivity (Wildman–Crippen MR) is 80.0 cm³/mol. The van der Waals surface area contributed by atoms with Crippen molar-refractivity contribution in [1.82, 2.24) is 9.55 Å². The molecule has 3 nitrogen and oxygen atoms in total. The minimum Gasteiger partial charge on any atom is -0.343 e. The first kappa shape index (κ1) is 13.0. The molecule has 0 bridgehead atoms. The Kier molecular flexibility index (Phi) is 3.35. The van der Waals surface area contributed by atoms with Crippen molar-refractivity contribution in [2.45, 2.75) is 6.54 Å². The van der Waals surface area contributed by atoms with Gasteiger partial charge in [-0.05, 0) is 35.9 Å². The van der Waals surface area contributed by atoms with Crippen LogP contribution < -0.4 is 0 Å². The molecule has 3 aromatic rings. The molecule has 0 N–H and O–H groups in total. The van der Waals surface area contributed by atoms with Gasteiger partial charge in [-0.3, -0.25) is 0 Å². The third-order valence-corrected chi connectivity index (χ3v) is 3.63. The van der Waals surface area contributed by atoms with Gasteiger partial charge in [0.15, 0.2) is 0 Å². The number of hydrogen-bond donors (Lipinski definition) is 0. The van der Waals surface area contributed by atoms with Crippen molar-refractivity contribution < 1.29 is 0 Å². The van der Waals surface area contributed by atoms with E-state index in [0.29, 0.717) is 22.3 Å². The highest BCUT2D eigenvalue weighted by molar-refractivity contribution is 6.38. The van der Waals surface area contributed by atoms with Crippen LogP contribution in [0, 0.1) is 11.3 Å². The van der Waals surface area contributed by atoms with E-state index in [4.69, 9.17) is 28.5 Å². The van der Waals surface area contributed by atoms with Gasteiger partial charge in [-0.25, -0.2) is 4.98 Å². The van der Waals surface area contributed by atoms with E-state index in [2.05, 4.69) is 4.98 Å². The molecule has 0 aliphatic carbocycles. The van der Waals surface area contributed by atoms with Gasteiger partial charge in [0.1, 0.15) is 11.8 Å². The molecule has 0 atom stereocenters. The van der Waals surface area contributed by atoms with Crippen LogP contribution in [-0.2, 0) is 6.54 Å². The van der Waals surface area contributed by atoms with Gasteiger partial charge in [-0.15, -0.1) is 0 Å². The number of benzene rings is 1. The monoisotopic (exact) mass is 301 g/mol. The minimum absolute atomic E-state index is 0.412. The van der Waals surface area contributed by atoms with Gasteiger partial charge < -0.3 is 4.57 Å². The van der Waals surface area contributed by atoms with Crippen molar-refractivity contribution in [1.29, 1.82) is 5.26 Å². The molecule has 2 heterocycles. The Hall–Kier alpha value is -2.02. The van der Waals surface area contributed by atoms with Crippen LogP contribution in [0.2, 0.25) is 10.0 Å². The number of hydrogen-bond acceptors (Lipinski definition) is 2. The van der Waals surface area contributed by atoms with Gasteiger partial charge in [0.05, 0.1) is 10.5 Å². The first-order valence-electron chi connectivity index (χ1n) is 5.96. The standard InChI is InChI=1S/C15H9Cl2N3/c16-11-6-14(17)13-2-4-20(15(13)7-11)9-10-1-3-19-12(5-10)8-18/h1-7H,9H2. The summed E-state index contributed by atoms with van der Waals surface area (Å²) in [5, 5.41) is 11.1. The van der Waals surface area contributed by atoms with Crippen LogP contribution in [-0.4, -0.2) is 9.55 Å². The Morgan fingerprint density at radius 2 is 2.05 bits per heavy atom. The van der Waals surface area contributed by atoms with Crippen LogP contribution in [0.5, 0.6) is 0 Å². The van der Waals surface area contributed by atoms with E-state index in [1.807, 2.05) is 35.0 Å². The fraction of sp³-hybridized carbons (Fsp3) is 0.0667. The van der Waals surface area contributed by atoms with Crippen molar-refractivity contribution in [3.63, 3.8) is 0 Å². The number of nitrogens with zero attached hydrogens (tertiary/aromatic N) is 3. The third kappa shape index (κ3) is 2.36. The van der Waals surface area contributed by atoms with Crippen LogP contribution >= 0.6 is 23.2 Å². The zero-order valence-electron chi connectivity index (χ0n) is 10.3. The molecule has 0 saturated carbocycles. The first-order valence-corrected chi connectivity index (χ1v) is 6.72. The Labute approximate surface area is 126 Å². The molecule has 0 spiro atoms. The third-order valence-electron chi connectivity index (χ3n) is 3.09. The second-order valence-corrected chi connectivity index (χ2v) is 5.27. The van der Waals surface area contributed by atoms with Gasteiger partial charge in [-0.1, -0.05) is 23.2 Å². The van der Waals surface area contributed by atoms with Gasteiger partial charge in [0.2, 0.25) is 0 Å². The molecule has 3 rings (SSSR count). The van der Waals surface area contributed by atoms with Crippen LogP contribution in [0.3, 0.4) is 0 Å². The van der Waals surface area contributed by atoms with Gasteiger partial charge in [0.25, 0.3) is 0 Å². The second-order valence-electron chi connectivity index (χ2n) is 4.43. The average molecular weight is 302 g/mol. The fourth-order valence-corrected chi connectivity index (χ4v) is 2.73. The summed E-state index contributed by atoms with van der Waals surface area (Å²) in [6.07, 6.45) is 3.60. The average Bonchev–Trinajstić information content (AvgIpc) is 2.82. The number of aromatic nitrogens is 2. The Bertz CT molecular complexity index is 831. The van der Waals surface area contributed by atoms with E-state index < -0.39 is 0 Å². The fourth-order valence-electron chi connectivity index (χ4n) is 2.19. The normalized spacial score (nSPS) is 10.7. The molecule has 2 aromatic heterocycles. The Morgan fingerprint density at radius 3 is 2.85 bits per heavy atom. The van der Waals surface area contributed by atoms with Gasteiger partial charge in [0, 0.05) is 29.3 Å². The number of nitriles is 1. The van der Waals surface area contributed by atoms with Crippen molar-refractivity contribution in [2.24, 2.45) is 0 Å². The van der Waals surface area contributed by atoms with Crippen molar-refractivity contribution in [3.05, 3.63) is 64.0 Å². The SMILES string of the molecule is N#Cc1cc(Cn2ccc3c(Cl)cc(Cl)cc32)ccn1. The quantitative estimate of drug-likeness (QED) is 0.709. The summed E-state index contributed by atoms with van der Waals surface area (Å²) in [6.45, 7) is 0.636. The highest BCUT2D eigenvalue weighted by Gasteiger charge is 2.07. The Morgan fingerprint density at radius 1 is 1.20 bits per heavy atom. The summed E-state index contributed by atoms with van der Waals surface area (Å²) in [7, 11) is 0. The lowest BCUT2D eigenvalue weighted by Gasteiger charge is -2.06. The summed E-state index contributed by atoms with van der Waals surface area (Å²) >= 11 is 12.2. The van der Waals surface area contributed by atoms with E-state index in [1.54, 1.807) is 18.3 Å². The van der Waals surface area contributed by atoms with E-state index in [1.165, 1.54) is 0 Å². The lowest BCUT2D eigenvalue weighted by atomic mass is 10.2. The van der Waals surface area contributed by atoms with Crippen LogP contribution in [0.15, 0.2) is 42.7 Å². The van der Waals surface area contributed by atoms with Gasteiger partial charge >= 0.3 is 0 Å². The molecule has 0 saturated heterocycles. The summed E-state index contributed by atoms with van der Waals surface area (Å²) in [5.41, 5.74) is 2.39. The summed E-state index contributed by atoms with van der Waals surface area (Å²) < 4.78 is 2.05. The zero-order valence-corrected chi connectivity index (χ0v) is 11.9. The molecule has 0 aliphatic heterocycles. The molecular formula is C15H9Cl2N3. The maximum atomic E-state index is 8.88. The molecule has 98 valence electrons. The van der Waals surface area contributed by atoms with Crippen LogP contribution in [0.1, 0.15) is 11.3 Å². The Balaban J connectivity index is 2.05. The van der Waals surface area contributed by atoms with Crippen LogP contribution in [0.4, 0.5) is 0 Å². The van der Waals surface area contributed by atoms with E-state index in [9.17, 15) is 0 Å². The summed E-state index contributed by atoms with van der Waals surface area (Å²) in [6, 6.07) is 11.3. The highest BCUT2D eigenvalue weighted by atomic mass is 35.5. The molecule has 0 aliphatic rings. The molecule has 0 radical (unpaired) electrons. The number of fused-ring (bicyclic) bond motifs is 1. The molecular weight excluding hydrogens is 293 g/mol. The zero-order chi connectivity index (χ0) is 14.1. The first-order chi connectivity index (χ1) is 9.67. The number of halogens is 2. The van der Waals surface area contributed by atoms with E-state index in [-0.39, 0.29) is 0 Å². The number of pyridine rings is 1. The molecule has 0 unspecified atom stereocenters. The molecule has 1 aromatic carbocycles. The van der Waals surface area contributed by atoms with Crippen molar-refractivity contribution >= 4 is 34.1 Å². The summed E-state index contributed by atoms with van der Waals surface area (Å²) in [5.74, 6) is 0. The summed E-state index contributed by atoms with van der Waals surface area (Å²) in [4.78, 5) is 3.97. The largest absolute Gasteiger partial charge is 0.343 e. The lowest BCUT2D eigenvalue weighted by molar-refractivity contribution is 0.834. The number of rotatable bonds is 2. The van der Waals surface area contributed by atoms with Crippen molar-refractivity contribution in [3.8, 4) is 6.07 Å². The van der Waals surface area contributed by atoms with Crippen LogP contribution in [0.25, 0.3) is 10.9 Å². The minimum atomic E-state index is 0.412. The van der Waals surface area contributed by atoms with Crippen molar-refractivity contribution in [2.75, 3.05) is 0 Å². The highest BCUT2D eigenvalue weighted by Crippen LogP contribution is 2.29. The molecule has 5 heteroatoms. The molecule has 0 fully saturated rings. The van der Waals surface area contributed by atoms with E-state index in [0.717, 1.165) is 16.5 Å². The smallest absolute Gasteiger partial charge is 0.140 e. The molecule has 0 amide bonds. The second kappa shape index (κ2) is 5.16. The topological polar surface area (TPSA) is 41.6 Å². The molecule has 20 heavy (non-hydrogen) atoms. The lowest BCUT2D eigenvalue weighted by Crippen LogP contribution is -1.99. The van der Waals surface area contributed by atoms with E-state index >= 15 is 0 Å².